The molecule has 0 atom stereocenters. The quantitative estimate of drug-likeness (QED) is 0.666. The average molecular weight is 356 g/mol. The molecule has 5 nitrogen and oxygen atoms in total. The van der Waals surface area contributed by atoms with Crippen LogP contribution in [0.3, 0.4) is 0 Å². The maximum Gasteiger partial charge on any atom is 0.229 e. The van der Waals surface area contributed by atoms with Gasteiger partial charge in [-0.1, -0.05) is 18.2 Å². The van der Waals surface area contributed by atoms with Crippen LogP contribution in [0.15, 0.2) is 54.7 Å². The third kappa shape index (κ3) is 4.44. The maximum absolute atomic E-state index is 13.3. The van der Waals surface area contributed by atoms with Gasteiger partial charge >= 0.3 is 0 Å². The van der Waals surface area contributed by atoms with Gasteiger partial charge in [0.05, 0.1) is 7.11 Å². The molecule has 1 aromatic heterocycles. The molecule has 26 heavy (non-hydrogen) atoms. The Morgan fingerprint density at radius 2 is 1.88 bits per heavy atom. The van der Waals surface area contributed by atoms with Crippen LogP contribution in [0.4, 0.5) is 26.2 Å². The van der Waals surface area contributed by atoms with Gasteiger partial charge in [-0.2, -0.15) is 4.98 Å². The lowest BCUT2D eigenvalue weighted by atomic mass is 10.1. The molecule has 0 saturated carbocycles. The van der Waals surface area contributed by atoms with Crippen LogP contribution in [0, 0.1) is 11.6 Å². The van der Waals surface area contributed by atoms with E-state index in [9.17, 15) is 8.78 Å². The normalized spacial score (nSPS) is 10.4. The van der Waals surface area contributed by atoms with E-state index in [2.05, 4.69) is 20.6 Å². The molecule has 7 heteroatoms. The number of rotatable bonds is 7. The highest BCUT2D eigenvalue weighted by molar-refractivity contribution is 5.54. The Morgan fingerprint density at radius 3 is 2.69 bits per heavy atom. The van der Waals surface area contributed by atoms with E-state index in [1.54, 1.807) is 19.4 Å². The molecule has 2 N–H and O–H groups in total. The highest BCUT2D eigenvalue weighted by Crippen LogP contribution is 2.19. The molecule has 2 aromatic carbocycles. The Morgan fingerprint density at radius 1 is 1.04 bits per heavy atom. The van der Waals surface area contributed by atoms with Gasteiger partial charge in [0.15, 0.2) is 11.6 Å². The summed E-state index contributed by atoms with van der Waals surface area (Å²) in [6.07, 6.45) is 2.35. The highest BCUT2D eigenvalue weighted by Gasteiger charge is 2.05. The zero-order valence-electron chi connectivity index (χ0n) is 14.2. The second-order valence-electron chi connectivity index (χ2n) is 5.51. The molecule has 0 fully saturated rings. The van der Waals surface area contributed by atoms with Crippen molar-refractivity contribution in [1.82, 2.24) is 9.97 Å². The van der Waals surface area contributed by atoms with Crippen LogP contribution in [0.5, 0.6) is 5.75 Å². The average Bonchev–Trinajstić information content (AvgIpc) is 2.65. The van der Waals surface area contributed by atoms with E-state index in [0.29, 0.717) is 24.0 Å². The number of ether oxygens (including phenoxy) is 1. The summed E-state index contributed by atoms with van der Waals surface area (Å²) in [7, 11) is 1.65. The first-order chi connectivity index (χ1) is 12.7. The van der Waals surface area contributed by atoms with Gasteiger partial charge in [-0.15, -0.1) is 0 Å². The van der Waals surface area contributed by atoms with Gasteiger partial charge in [-0.05, 0) is 36.2 Å². The van der Waals surface area contributed by atoms with Crippen molar-refractivity contribution in [2.45, 2.75) is 6.42 Å². The third-order valence-electron chi connectivity index (χ3n) is 3.72. The van der Waals surface area contributed by atoms with E-state index in [-0.39, 0.29) is 0 Å². The Labute approximate surface area is 150 Å². The molecule has 0 unspecified atom stereocenters. The van der Waals surface area contributed by atoms with Gasteiger partial charge in [-0.25, -0.2) is 13.8 Å². The molecular formula is C19H18F2N4O. The van der Waals surface area contributed by atoms with E-state index in [1.165, 1.54) is 6.07 Å². The first-order valence-corrected chi connectivity index (χ1v) is 8.06. The molecule has 134 valence electrons. The minimum atomic E-state index is -0.930. The van der Waals surface area contributed by atoms with E-state index in [0.717, 1.165) is 29.9 Å². The number of hydrogen-bond acceptors (Lipinski definition) is 5. The summed E-state index contributed by atoms with van der Waals surface area (Å²) in [4.78, 5) is 8.40. The summed E-state index contributed by atoms with van der Waals surface area (Å²) >= 11 is 0. The van der Waals surface area contributed by atoms with Crippen molar-refractivity contribution in [3.8, 4) is 5.75 Å². The molecule has 0 amide bonds. The first-order valence-electron chi connectivity index (χ1n) is 8.06. The van der Waals surface area contributed by atoms with Gasteiger partial charge in [0.25, 0.3) is 0 Å². The summed E-state index contributed by atoms with van der Waals surface area (Å²) in [5.74, 6) is -0.0692. The van der Waals surface area contributed by atoms with Crippen molar-refractivity contribution >= 4 is 17.5 Å². The Bertz CT molecular complexity index is 889. The zero-order valence-corrected chi connectivity index (χ0v) is 14.2. The van der Waals surface area contributed by atoms with Crippen LogP contribution in [0.2, 0.25) is 0 Å². The lowest BCUT2D eigenvalue weighted by Gasteiger charge is -2.10. The molecule has 0 saturated heterocycles. The number of para-hydroxylation sites is 1. The number of anilines is 3. The molecular weight excluding hydrogens is 338 g/mol. The monoisotopic (exact) mass is 356 g/mol. The highest BCUT2D eigenvalue weighted by atomic mass is 19.2. The predicted octanol–water partition coefficient (Wildman–Crippen LogP) is 4.16. The topological polar surface area (TPSA) is 59.1 Å². The molecule has 0 aliphatic heterocycles. The molecule has 0 bridgehead atoms. The minimum Gasteiger partial charge on any atom is -0.496 e. The van der Waals surface area contributed by atoms with Crippen molar-refractivity contribution < 1.29 is 13.5 Å². The Hall–Kier alpha value is -3.22. The van der Waals surface area contributed by atoms with Crippen LogP contribution in [-0.2, 0) is 6.42 Å². The van der Waals surface area contributed by atoms with E-state index in [4.69, 9.17) is 4.74 Å². The number of aromatic nitrogens is 2. The standard InChI is InChI=1S/C19H18F2N4O/c1-26-17-5-3-2-4-13(17)8-10-22-18-9-11-23-19(25-18)24-14-6-7-15(20)16(21)12-14/h2-7,9,11-12H,8,10H2,1H3,(H2,22,23,24,25). The van der Waals surface area contributed by atoms with Crippen LogP contribution >= 0.6 is 0 Å². The molecule has 1 heterocycles. The summed E-state index contributed by atoms with van der Waals surface area (Å²) in [6.45, 7) is 0.655. The second-order valence-corrected chi connectivity index (χ2v) is 5.51. The van der Waals surface area contributed by atoms with Crippen molar-refractivity contribution in [3.63, 3.8) is 0 Å². The molecule has 3 rings (SSSR count). The second kappa shape index (κ2) is 8.24. The molecule has 0 aliphatic carbocycles. The van der Waals surface area contributed by atoms with Crippen LogP contribution in [0.25, 0.3) is 0 Å². The van der Waals surface area contributed by atoms with Gasteiger partial charge in [0, 0.05) is 24.5 Å². The van der Waals surface area contributed by atoms with Crippen molar-refractivity contribution in [1.29, 1.82) is 0 Å². The minimum absolute atomic E-state index is 0.290. The summed E-state index contributed by atoms with van der Waals surface area (Å²) in [5.41, 5.74) is 1.46. The van der Waals surface area contributed by atoms with E-state index in [1.807, 2.05) is 24.3 Å². The number of halogens is 2. The number of benzene rings is 2. The summed E-state index contributed by atoms with van der Waals surface area (Å²) in [5, 5.41) is 6.06. The fraction of sp³-hybridized carbons (Fsp3) is 0.158. The molecule has 3 aromatic rings. The number of nitrogens with zero attached hydrogens (tertiary/aromatic N) is 2. The predicted molar refractivity (Wildman–Crippen MR) is 96.9 cm³/mol. The molecule has 0 radical (unpaired) electrons. The molecule has 0 aliphatic rings. The molecule has 0 spiro atoms. The Balaban J connectivity index is 1.61. The first kappa shape index (κ1) is 17.6. The van der Waals surface area contributed by atoms with Crippen LogP contribution in [-0.4, -0.2) is 23.6 Å². The van der Waals surface area contributed by atoms with E-state index < -0.39 is 11.6 Å². The lowest BCUT2D eigenvalue weighted by Crippen LogP contribution is -2.08. The lowest BCUT2D eigenvalue weighted by molar-refractivity contribution is 0.410. The van der Waals surface area contributed by atoms with Crippen molar-refractivity contribution in [3.05, 3.63) is 71.9 Å². The number of nitrogens with one attached hydrogen (secondary N) is 2. The fourth-order valence-corrected chi connectivity index (χ4v) is 2.46. The van der Waals surface area contributed by atoms with Gasteiger partial charge in [-0.3, -0.25) is 0 Å². The van der Waals surface area contributed by atoms with Crippen LogP contribution < -0.4 is 15.4 Å². The van der Waals surface area contributed by atoms with Crippen molar-refractivity contribution in [2.24, 2.45) is 0 Å². The summed E-state index contributed by atoms with van der Waals surface area (Å²) < 4.78 is 31.6. The van der Waals surface area contributed by atoms with E-state index >= 15 is 0 Å². The largest absolute Gasteiger partial charge is 0.496 e. The van der Waals surface area contributed by atoms with Gasteiger partial charge < -0.3 is 15.4 Å². The number of hydrogen-bond donors (Lipinski definition) is 2. The van der Waals surface area contributed by atoms with Crippen LogP contribution in [0.1, 0.15) is 5.56 Å². The summed E-state index contributed by atoms with van der Waals surface area (Å²) in [6, 6.07) is 13.1. The fourth-order valence-electron chi connectivity index (χ4n) is 2.46. The third-order valence-corrected chi connectivity index (χ3v) is 3.72. The maximum atomic E-state index is 13.3. The zero-order chi connectivity index (χ0) is 18.4. The SMILES string of the molecule is COc1ccccc1CCNc1ccnc(Nc2ccc(F)c(F)c2)n1. The van der Waals surface area contributed by atoms with Gasteiger partial charge in [0.1, 0.15) is 11.6 Å². The van der Waals surface area contributed by atoms with Crippen molar-refractivity contribution in [2.75, 3.05) is 24.3 Å². The van der Waals surface area contributed by atoms with Gasteiger partial charge in [0.2, 0.25) is 5.95 Å². The Kier molecular flexibility index (Phi) is 5.58. The smallest absolute Gasteiger partial charge is 0.229 e. The number of methoxy groups -OCH3 is 1.